The summed E-state index contributed by atoms with van der Waals surface area (Å²) in [4.78, 5) is 12.7. The van der Waals surface area contributed by atoms with Crippen LogP contribution in [0.5, 0.6) is 0 Å². The number of ether oxygens (including phenoxy) is 7. The molecule has 5 fully saturated rings. The molecule has 16 heteroatoms. The fourth-order valence-corrected chi connectivity index (χ4v) is 21.4. The van der Waals surface area contributed by atoms with Crippen LogP contribution in [-0.2, 0) is 46.4 Å². The van der Waals surface area contributed by atoms with Crippen molar-refractivity contribution in [3.63, 3.8) is 0 Å². The van der Waals surface area contributed by atoms with Gasteiger partial charge in [-0.25, -0.2) is 4.79 Å². The van der Waals surface area contributed by atoms with Crippen molar-refractivity contribution in [2.45, 2.75) is 294 Å². The van der Waals surface area contributed by atoms with E-state index in [-0.39, 0.29) is 83.9 Å². The van der Waals surface area contributed by atoms with Crippen LogP contribution in [0.2, 0.25) is 52.9 Å². The SMILES string of the molecule is C=C(C#CC(O)C[C@@H](O)[C@@]1(C)OC(C)(C)O[C@@H]1CCOC(=O)c1ccccc1)C[C@@H]1O[C@@H]2[C@@H](C)[C@H](O[Si](C(C)C)(C(C)C)C(C)C)[C@@H]3O[C@]4(C[C@H](O[Si](C)(C)C(C)(C)C)CO4)[C@@H](C)[C@H](C)[C@H]3O[C@H]2C[C@H]1O[Si](C)(C)C(C)(C)C. The molecule has 0 saturated carbocycles. The van der Waals surface area contributed by atoms with Crippen LogP contribution >= 0.6 is 0 Å². The molecule has 5 aliphatic rings. The number of hydrogen-bond donors (Lipinski definition) is 2. The first-order valence-corrected chi connectivity index (χ1v) is 37.6. The average Bonchev–Trinajstić information content (AvgIpc) is 3.91. The van der Waals surface area contributed by atoms with Crippen LogP contribution in [-0.4, -0.2) is 139 Å². The molecule has 6 rings (SSSR count). The molecule has 0 aromatic heterocycles. The normalized spacial score (nSPS) is 34.5. The second-order valence-corrected chi connectivity index (χ2v) is 43.6. The molecule has 5 saturated heterocycles. The van der Waals surface area contributed by atoms with Crippen LogP contribution in [0.25, 0.3) is 0 Å². The summed E-state index contributed by atoms with van der Waals surface area (Å²) in [6.45, 7) is 54.0. The summed E-state index contributed by atoms with van der Waals surface area (Å²) in [5.41, 5.74) is 0.788. The van der Waals surface area contributed by atoms with Crippen LogP contribution in [0.15, 0.2) is 42.5 Å². The van der Waals surface area contributed by atoms with Gasteiger partial charge in [-0.2, -0.15) is 0 Å². The maximum Gasteiger partial charge on any atom is 0.338 e. The first-order valence-electron chi connectivity index (χ1n) is 29.6. The monoisotopic (exact) mass is 1140 g/mol. The quantitative estimate of drug-likeness (QED) is 0.0816. The van der Waals surface area contributed by atoms with E-state index >= 15 is 0 Å². The summed E-state index contributed by atoms with van der Waals surface area (Å²) < 4.78 is 70.2. The lowest BCUT2D eigenvalue weighted by molar-refractivity contribution is -0.337. The lowest BCUT2D eigenvalue weighted by atomic mass is 9.76. The second kappa shape index (κ2) is 24.4. The van der Waals surface area contributed by atoms with Gasteiger partial charge in [-0.1, -0.05) is 140 Å². The van der Waals surface area contributed by atoms with E-state index in [9.17, 15) is 15.0 Å². The maximum absolute atomic E-state index is 12.7. The van der Waals surface area contributed by atoms with Crippen molar-refractivity contribution in [2.24, 2.45) is 17.8 Å². The third kappa shape index (κ3) is 13.9. The van der Waals surface area contributed by atoms with Gasteiger partial charge in [0.05, 0.1) is 73.7 Å². The maximum atomic E-state index is 12.7. The van der Waals surface area contributed by atoms with Crippen LogP contribution in [0.3, 0.4) is 0 Å². The number of esters is 1. The van der Waals surface area contributed by atoms with Gasteiger partial charge in [-0.05, 0) is 97.3 Å². The number of hydrogen-bond acceptors (Lipinski definition) is 13. The lowest BCUT2D eigenvalue weighted by Crippen LogP contribution is -2.64. The van der Waals surface area contributed by atoms with Crippen LogP contribution < -0.4 is 0 Å². The second-order valence-electron chi connectivity index (χ2n) is 28.7. The standard InChI is InChI=1S/C62H106O13Si3/c1-38(2)78(39(3)4,40(5)6)74-55-43(9)53-50(69-54-42(8)44(10)62(71-56(54)55)36-47(37-67-62)72-76(20,21)58(11,12)13)35-49(73-77(22,23)59(14,15)16)48(68-53)33-41(7)29-30-46(63)34-51(64)61(19)52(70-60(17,18)75-61)31-32-66-57(65)45-27-25-24-26-28-45/h24-28,38-40,42-44,46-56,63-64H,7,31-37H2,1-6,8-23H3/t42-,43+,44-,46?,47-,48-,49+,50-,51+,52+,53+,54+,55-,56+,61+,62+/m0/s1. The van der Waals surface area contributed by atoms with Crippen molar-refractivity contribution in [1.82, 2.24) is 0 Å². The molecular formula is C62H106O13Si3. The van der Waals surface area contributed by atoms with E-state index in [0.717, 1.165) is 0 Å². The van der Waals surface area contributed by atoms with Gasteiger partial charge in [-0.3, -0.25) is 0 Å². The Labute approximate surface area is 475 Å². The van der Waals surface area contributed by atoms with Crippen molar-refractivity contribution < 1.29 is 61.4 Å². The Morgan fingerprint density at radius 2 is 1.40 bits per heavy atom. The number of benzene rings is 1. The number of aliphatic hydroxyl groups excluding tert-OH is 2. The number of fused-ring (bicyclic) bond motifs is 2. The van der Waals surface area contributed by atoms with Crippen molar-refractivity contribution in [3.05, 3.63) is 48.0 Å². The van der Waals surface area contributed by atoms with Gasteiger partial charge in [0.25, 0.3) is 0 Å². The van der Waals surface area contributed by atoms with Gasteiger partial charge in [0, 0.05) is 43.9 Å². The molecule has 2 N–H and O–H groups in total. The van der Waals surface area contributed by atoms with Crippen LogP contribution in [0.1, 0.15) is 167 Å². The fourth-order valence-electron chi connectivity index (χ4n) is 13.0. The first kappa shape index (κ1) is 65.4. The van der Waals surface area contributed by atoms with E-state index in [1.165, 1.54) is 0 Å². The van der Waals surface area contributed by atoms with E-state index in [1.807, 2.05) is 6.07 Å². The number of rotatable bonds is 18. The first-order chi connectivity index (χ1) is 35.8. The minimum Gasteiger partial charge on any atom is -0.462 e. The van der Waals surface area contributed by atoms with Crippen molar-refractivity contribution in [2.75, 3.05) is 13.2 Å². The predicted octanol–water partition coefficient (Wildman–Crippen LogP) is 12.9. The Morgan fingerprint density at radius 1 is 0.808 bits per heavy atom. The van der Waals surface area contributed by atoms with E-state index in [2.05, 4.69) is 148 Å². The molecule has 0 amide bonds. The zero-order valence-electron chi connectivity index (χ0n) is 52.2. The minimum absolute atomic E-state index is 0.00309. The fraction of sp³-hybridized carbons (Fsp3) is 0.823. The zero-order valence-corrected chi connectivity index (χ0v) is 55.2. The molecule has 5 heterocycles. The molecule has 1 spiro atoms. The van der Waals surface area contributed by atoms with Gasteiger partial charge >= 0.3 is 5.97 Å². The Kier molecular flexibility index (Phi) is 20.5. The highest BCUT2D eigenvalue weighted by Crippen LogP contribution is 2.54. The topological polar surface area (TPSA) is 150 Å². The van der Waals surface area contributed by atoms with Gasteiger partial charge in [0.1, 0.15) is 17.8 Å². The van der Waals surface area contributed by atoms with E-state index < -0.39 is 78.6 Å². The Bertz CT molecular complexity index is 2230. The smallest absolute Gasteiger partial charge is 0.338 e. The number of aliphatic hydroxyl groups is 2. The molecule has 444 valence electrons. The van der Waals surface area contributed by atoms with Crippen molar-refractivity contribution in [1.29, 1.82) is 0 Å². The van der Waals surface area contributed by atoms with Crippen molar-refractivity contribution >= 4 is 30.9 Å². The average molecular weight is 1140 g/mol. The highest BCUT2D eigenvalue weighted by molar-refractivity contribution is 6.77. The molecule has 78 heavy (non-hydrogen) atoms. The van der Waals surface area contributed by atoms with E-state index in [1.54, 1.807) is 45.0 Å². The summed E-state index contributed by atoms with van der Waals surface area (Å²) >= 11 is 0. The van der Waals surface area contributed by atoms with Gasteiger partial charge < -0.3 is 56.6 Å². The third-order valence-electron chi connectivity index (χ3n) is 19.6. The van der Waals surface area contributed by atoms with Gasteiger partial charge in [-0.15, -0.1) is 0 Å². The minimum atomic E-state index is -2.53. The zero-order chi connectivity index (χ0) is 58.5. The molecule has 0 aliphatic carbocycles. The molecule has 0 radical (unpaired) electrons. The molecule has 1 aromatic rings. The third-order valence-corrected chi connectivity index (χ3v) is 34.8. The van der Waals surface area contributed by atoms with Crippen molar-refractivity contribution in [3.8, 4) is 11.8 Å². The summed E-state index contributed by atoms with van der Waals surface area (Å²) in [5, 5.41) is 23.2. The molecule has 1 aromatic carbocycles. The van der Waals surface area contributed by atoms with E-state index in [4.69, 9.17) is 46.4 Å². The summed E-state index contributed by atoms with van der Waals surface area (Å²) in [5.74, 6) is 3.72. The summed E-state index contributed by atoms with van der Waals surface area (Å²) in [6, 6.07) is 8.79. The highest BCUT2D eigenvalue weighted by Gasteiger charge is 2.64. The van der Waals surface area contributed by atoms with Crippen LogP contribution in [0, 0.1) is 29.6 Å². The van der Waals surface area contributed by atoms with Gasteiger partial charge in [0.15, 0.2) is 28.2 Å². The molecule has 16 atom stereocenters. The molecule has 1 unspecified atom stereocenters. The molecular weight excluding hydrogens is 1040 g/mol. The molecule has 5 aliphatic heterocycles. The summed E-state index contributed by atoms with van der Waals surface area (Å²) in [6.07, 6.45) is -3.89. The molecule has 0 bridgehead atoms. The highest BCUT2D eigenvalue weighted by atomic mass is 28.4. The van der Waals surface area contributed by atoms with Gasteiger partial charge in [0.2, 0.25) is 8.32 Å². The summed E-state index contributed by atoms with van der Waals surface area (Å²) in [7, 11) is -7.02. The Balaban J connectivity index is 1.27. The van der Waals surface area contributed by atoms with E-state index in [0.29, 0.717) is 53.6 Å². The number of carbonyl (C=O) groups excluding carboxylic acids is 1. The molecule has 13 nitrogen and oxygen atoms in total. The number of carbonyl (C=O) groups is 1. The Hall–Kier alpha value is -1.80. The largest absolute Gasteiger partial charge is 0.462 e. The Morgan fingerprint density at radius 3 is 1.97 bits per heavy atom. The lowest BCUT2D eigenvalue weighted by Gasteiger charge is -2.54. The predicted molar refractivity (Wildman–Crippen MR) is 316 cm³/mol. The van der Waals surface area contributed by atoms with Crippen LogP contribution in [0.4, 0.5) is 0 Å².